The molecule has 2 rings (SSSR count). The van der Waals surface area contributed by atoms with Crippen LogP contribution in [0, 0.1) is 12.8 Å². The van der Waals surface area contributed by atoms with Crippen LogP contribution in [0.2, 0.25) is 0 Å². The summed E-state index contributed by atoms with van der Waals surface area (Å²) in [6.07, 6.45) is 2.03. The Morgan fingerprint density at radius 2 is 2.15 bits per heavy atom. The van der Waals surface area contributed by atoms with Gasteiger partial charge >= 0.3 is 6.03 Å². The number of methoxy groups -OCH3 is 1. The Morgan fingerprint density at radius 1 is 1.40 bits per heavy atom. The molecule has 2 amide bonds. The van der Waals surface area contributed by atoms with Gasteiger partial charge in [0, 0.05) is 25.4 Å². The lowest BCUT2D eigenvalue weighted by Crippen LogP contribution is -2.35. The van der Waals surface area contributed by atoms with Gasteiger partial charge < -0.3 is 20.1 Å². The normalized spacial score (nSPS) is 15.7. The van der Waals surface area contributed by atoms with Crippen LogP contribution in [0.3, 0.4) is 0 Å². The summed E-state index contributed by atoms with van der Waals surface area (Å²) in [6.45, 7) is 4.23. The lowest BCUT2D eigenvalue weighted by atomic mass is 10.0. The van der Waals surface area contributed by atoms with Crippen LogP contribution in [0.15, 0.2) is 18.2 Å². The van der Waals surface area contributed by atoms with Gasteiger partial charge in [0.05, 0.1) is 7.11 Å². The largest absolute Gasteiger partial charge is 0.497 e. The van der Waals surface area contributed by atoms with Crippen LogP contribution < -0.4 is 15.4 Å². The second kappa shape index (κ2) is 7.14. The van der Waals surface area contributed by atoms with Crippen molar-refractivity contribution in [1.82, 2.24) is 5.32 Å². The molecular weight excluding hydrogens is 256 g/mol. The molecule has 0 aliphatic carbocycles. The van der Waals surface area contributed by atoms with Crippen molar-refractivity contribution >= 4 is 11.7 Å². The van der Waals surface area contributed by atoms with E-state index in [1.54, 1.807) is 7.11 Å². The van der Waals surface area contributed by atoms with Gasteiger partial charge in [0.25, 0.3) is 0 Å². The Balaban J connectivity index is 1.81. The van der Waals surface area contributed by atoms with Crippen molar-refractivity contribution in [3.05, 3.63) is 23.8 Å². The van der Waals surface area contributed by atoms with E-state index in [0.29, 0.717) is 12.5 Å². The van der Waals surface area contributed by atoms with Gasteiger partial charge in [0.2, 0.25) is 0 Å². The Morgan fingerprint density at radius 3 is 2.80 bits per heavy atom. The quantitative estimate of drug-likeness (QED) is 0.890. The van der Waals surface area contributed by atoms with Crippen LogP contribution in [0.1, 0.15) is 18.4 Å². The lowest BCUT2D eigenvalue weighted by molar-refractivity contribution is 0.0671. The molecule has 110 valence electrons. The number of hydrogen-bond donors (Lipinski definition) is 2. The minimum Gasteiger partial charge on any atom is -0.497 e. The van der Waals surface area contributed by atoms with Crippen LogP contribution in [0.4, 0.5) is 10.5 Å². The lowest BCUT2D eigenvalue weighted by Gasteiger charge is -2.22. The first-order valence-electron chi connectivity index (χ1n) is 6.96. The smallest absolute Gasteiger partial charge is 0.319 e. The number of benzene rings is 1. The van der Waals surface area contributed by atoms with Crippen molar-refractivity contribution in [3.8, 4) is 5.75 Å². The molecular formula is C15H22N2O3. The summed E-state index contributed by atoms with van der Waals surface area (Å²) >= 11 is 0. The van der Waals surface area contributed by atoms with Crippen molar-refractivity contribution in [2.45, 2.75) is 19.8 Å². The van der Waals surface area contributed by atoms with Gasteiger partial charge in [-0.1, -0.05) is 0 Å². The fourth-order valence-corrected chi connectivity index (χ4v) is 2.26. The molecule has 1 aromatic carbocycles. The first-order valence-corrected chi connectivity index (χ1v) is 6.96. The highest BCUT2D eigenvalue weighted by Crippen LogP contribution is 2.21. The highest BCUT2D eigenvalue weighted by atomic mass is 16.5. The molecule has 0 unspecified atom stereocenters. The molecule has 1 heterocycles. The Hall–Kier alpha value is -1.75. The molecule has 1 aromatic rings. The summed E-state index contributed by atoms with van der Waals surface area (Å²) < 4.78 is 10.4. The first-order chi connectivity index (χ1) is 9.69. The molecule has 0 radical (unpaired) electrons. The van der Waals surface area contributed by atoms with E-state index in [1.165, 1.54) is 0 Å². The van der Waals surface area contributed by atoms with E-state index in [2.05, 4.69) is 10.6 Å². The third-order valence-electron chi connectivity index (χ3n) is 3.57. The molecule has 0 saturated carbocycles. The summed E-state index contributed by atoms with van der Waals surface area (Å²) in [5, 5.41) is 5.78. The third-order valence-corrected chi connectivity index (χ3v) is 3.57. The van der Waals surface area contributed by atoms with Gasteiger partial charge in [-0.05, 0) is 49.4 Å². The predicted molar refractivity (Wildman–Crippen MR) is 78.3 cm³/mol. The molecule has 1 saturated heterocycles. The SMILES string of the molecule is COc1ccc(NC(=O)NCC2CCOCC2)c(C)c1. The number of ether oxygens (including phenoxy) is 2. The number of aryl methyl sites for hydroxylation is 1. The van der Waals surface area contributed by atoms with Gasteiger partial charge in [0.15, 0.2) is 0 Å². The molecule has 20 heavy (non-hydrogen) atoms. The maximum absolute atomic E-state index is 11.9. The number of anilines is 1. The fraction of sp³-hybridized carbons (Fsp3) is 0.533. The molecule has 1 aliphatic heterocycles. The number of hydrogen-bond acceptors (Lipinski definition) is 3. The molecule has 0 bridgehead atoms. The van der Waals surface area contributed by atoms with E-state index < -0.39 is 0 Å². The second-order valence-corrected chi connectivity index (χ2v) is 5.07. The third kappa shape index (κ3) is 4.13. The van der Waals surface area contributed by atoms with Gasteiger partial charge in [-0.25, -0.2) is 4.79 Å². The summed E-state index contributed by atoms with van der Waals surface area (Å²) in [5.74, 6) is 1.31. The van der Waals surface area contributed by atoms with Crippen LogP contribution in [0.5, 0.6) is 5.75 Å². The monoisotopic (exact) mass is 278 g/mol. The number of nitrogens with one attached hydrogen (secondary N) is 2. The minimum atomic E-state index is -0.162. The van der Waals surface area contributed by atoms with Gasteiger partial charge in [-0.3, -0.25) is 0 Å². The molecule has 0 aromatic heterocycles. The molecule has 1 aliphatic rings. The molecule has 2 N–H and O–H groups in total. The molecule has 0 atom stereocenters. The number of amides is 2. The van der Waals surface area contributed by atoms with Crippen molar-refractivity contribution in [3.63, 3.8) is 0 Å². The summed E-state index contributed by atoms with van der Waals surface area (Å²) in [6, 6.07) is 5.42. The van der Waals surface area contributed by atoms with E-state index >= 15 is 0 Å². The van der Waals surface area contributed by atoms with Crippen LogP contribution in [0.25, 0.3) is 0 Å². The van der Waals surface area contributed by atoms with E-state index in [0.717, 1.165) is 43.1 Å². The Bertz CT molecular complexity index is 456. The van der Waals surface area contributed by atoms with Gasteiger partial charge in [0.1, 0.15) is 5.75 Å². The standard InChI is InChI=1S/C15H22N2O3/c1-11-9-13(19-2)3-4-14(11)17-15(18)16-10-12-5-7-20-8-6-12/h3-4,9,12H,5-8,10H2,1-2H3,(H2,16,17,18). The van der Waals surface area contributed by atoms with Crippen molar-refractivity contribution in [2.24, 2.45) is 5.92 Å². The Kier molecular flexibility index (Phi) is 5.24. The molecule has 5 heteroatoms. The second-order valence-electron chi connectivity index (χ2n) is 5.07. The fourth-order valence-electron chi connectivity index (χ4n) is 2.26. The van der Waals surface area contributed by atoms with E-state index in [-0.39, 0.29) is 6.03 Å². The van der Waals surface area contributed by atoms with E-state index in [1.807, 2.05) is 25.1 Å². The molecule has 5 nitrogen and oxygen atoms in total. The van der Waals surface area contributed by atoms with Crippen LogP contribution >= 0.6 is 0 Å². The average Bonchev–Trinajstić information content (AvgIpc) is 2.48. The maximum atomic E-state index is 11.9. The van der Waals surface area contributed by atoms with Crippen molar-refractivity contribution < 1.29 is 14.3 Å². The minimum absolute atomic E-state index is 0.162. The molecule has 0 spiro atoms. The maximum Gasteiger partial charge on any atom is 0.319 e. The van der Waals surface area contributed by atoms with E-state index in [9.17, 15) is 4.79 Å². The van der Waals surface area contributed by atoms with E-state index in [4.69, 9.17) is 9.47 Å². The number of carbonyl (C=O) groups excluding carboxylic acids is 1. The summed E-state index contributed by atoms with van der Waals surface area (Å²) in [7, 11) is 1.63. The number of rotatable bonds is 4. The first kappa shape index (κ1) is 14.7. The van der Waals surface area contributed by atoms with Crippen molar-refractivity contribution in [1.29, 1.82) is 0 Å². The Labute approximate surface area is 119 Å². The van der Waals surface area contributed by atoms with Crippen LogP contribution in [-0.2, 0) is 4.74 Å². The highest BCUT2D eigenvalue weighted by Gasteiger charge is 2.14. The summed E-state index contributed by atoms with van der Waals surface area (Å²) in [5.41, 5.74) is 1.78. The topological polar surface area (TPSA) is 59.6 Å². The van der Waals surface area contributed by atoms with Gasteiger partial charge in [-0.2, -0.15) is 0 Å². The van der Waals surface area contributed by atoms with Crippen molar-refractivity contribution in [2.75, 3.05) is 32.2 Å². The number of urea groups is 1. The number of carbonyl (C=O) groups is 1. The summed E-state index contributed by atoms with van der Waals surface area (Å²) in [4.78, 5) is 11.9. The zero-order chi connectivity index (χ0) is 14.4. The highest BCUT2D eigenvalue weighted by molar-refractivity contribution is 5.90. The zero-order valence-electron chi connectivity index (χ0n) is 12.1. The predicted octanol–water partition coefficient (Wildman–Crippen LogP) is 2.55. The van der Waals surface area contributed by atoms with Crippen LogP contribution in [-0.4, -0.2) is 32.9 Å². The zero-order valence-corrected chi connectivity index (χ0v) is 12.1. The van der Waals surface area contributed by atoms with Gasteiger partial charge in [-0.15, -0.1) is 0 Å². The molecule has 1 fully saturated rings. The average molecular weight is 278 g/mol.